The van der Waals surface area contributed by atoms with Crippen LogP contribution in [0.5, 0.6) is 0 Å². The van der Waals surface area contributed by atoms with E-state index in [1.807, 2.05) is 0 Å². The average molecular weight is 512 g/mol. The Bertz CT molecular complexity index is 1470. The van der Waals surface area contributed by atoms with E-state index < -0.39 is 0 Å². The van der Waals surface area contributed by atoms with Gasteiger partial charge in [-0.2, -0.15) is 6.07 Å². The van der Waals surface area contributed by atoms with E-state index in [-0.39, 0.29) is 23.8 Å². The zero-order valence-corrected chi connectivity index (χ0v) is 21.8. The Balaban J connectivity index is 1.54. The van der Waals surface area contributed by atoms with Gasteiger partial charge < -0.3 is 0 Å². The molecule has 4 unspecified atom stereocenters. The van der Waals surface area contributed by atoms with E-state index in [0.717, 1.165) is 28.3 Å². The molecule has 0 saturated carbocycles. The quantitative estimate of drug-likeness (QED) is 0.168. The minimum atomic E-state index is -0.0796. The molecule has 0 amide bonds. The summed E-state index contributed by atoms with van der Waals surface area (Å²) in [5.41, 5.74) is 12.7. The lowest BCUT2D eigenvalue weighted by Crippen LogP contribution is -2.41. The smallest absolute Gasteiger partial charge is 0.187 e. The van der Waals surface area contributed by atoms with Gasteiger partial charge in [0.25, 0.3) is 0 Å². The largest absolute Gasteiger partial charge is 0.300 e. The first-order chi connectivity index (χ1) is 19.8. The second-order valence-electron chi connectivity index (χ2n) is 11.2. The number of hydrogen-bond acceptors (Lipinski definition) is 2. The minimum Gasteiger partial charge on any atom is -0.300 e. The Labute approximate surface area is 233 Å². The summed E-state index contributed by atoms with van der Waals surface area (Å²) >= 11 is 0. The van der Waals surface area contributed by atoms with Gasteiger partial charge >= 0.3 is 0 Å². The zero-order chi connectivity index (χ0) is 26.2. The molecule has 3 nitrogen and oxygen atoms in total. The van der Waals surface area contributed by atoms with Gasteiger partial charge in [0.1, 0.15) is 6.20 Å². The highest BCUT2D eigenvalue weighted by molar-refractivity contribution is 5.51. The number of nitrogens with zero attached hydrogens (tertiary/aromatic N) is 3. The van der Waals surface area contributed by atoms with Crippen molar-refractivity contribution in [1.82, 2.24) is 9.97 Å². The van der Waals surface area contributed by atoms with Crippen LogP contribution in [0.2, 0.25) is 0 Å². The maximum absolute atomic E-state index is 5.42. The lowest BCUT2D eigenvalue weighted by atomic mass is 9.80. The minimum absolute atomic E-state index is 0.0112. The molecule has 4 aliphatic rings. The van der Waals surface area contributed by atoms with Crippen molar-refractivity contribution in [2.75, 3.05) is 0 Å². The van der Waals surface area contributed by atoms with Crippen molar-refractivity contribution >= 4 is 0 Å². The Morgan fingerprint density at radius 2 is 0.900 bits per heavy atom. The fourth-order valence-electron chi connectivity index (χ4n) is 7.14. The summed E-state index contributed by atoms with van der Waals surface area (Å²) in [4.78, 5) is 10.8. The van der Waals surface area contributed by atoms with Crippen LogP contribution in [0.3, 0.4) is 0 Å². The zero-order valence-electron chi connectivity index (χ0n) is 21.8. The van der Waals surface area contributed by atoms with Crippen LogP contribution in [0, 0.1) is 6.20 Å². The molecule has 188 valence electrons. The lowest BCUT2D eigenvalue weighted by molar-refractivity contribution is -0.709. The van der Waals surface area contributed by atoms with E-state index >= 15 is 0 Å². The summed E-state index contributed by atoms with van der Waals surface area (Å²) in [5.74, 6) is -0.114. The fraction of sp³-hybridized carbons (Fsp3) is 0.108. The molecule has 3 aromatic heterocycles. The molecule has 0 radical (unpaired) electrons. The van der Waals surface area contributed by atoms with Gasteiger partial charge in [0, 0.05) is 17.0 Å². The molecule has 0 fully saturated rings. The molecule has 0 aliphatic carbocycles. The van der Waals surface area contributed by atoms with Crippen LogP contribution >= 0.6 is 0 Å². The second kappa shape index (κ2) is 8.30. The van der Waals surface area contributed by atoms with Crippen LogP contribution in [0.1, 0.15) is 85.5 Å². The first-order valence-corrected chi connectivity index (χ1v) is 14.0. The van der Waals surface area contributed by atoms with Gasteiger partial charge in [0.05, 0.1) is 40.8 Å². The summed E-state index contributed by atoms with van der Waals surface area (Å²) in [6.07, 6.45) is 6.00. The summed E-state index contributed by atoms with van der Waals surface area (Å²) in [5, 5.41) is 0. The highest BCUT2D eigenvalue weighted by Gasteiger charge is 2.32. The van der Waals surface area contributed by atoms with Crippen LogP contribution in [0.25, 0.3) is 0 Å². The molecule has 3 aromatic carbocycles. The molecule has 16 bridgehead atoms. The number of rotatable bonds is 0. The number of benzene rings is 3. The third-order valence-corrected chi connectivity index (χ3v) is 8.83. The second-order valence-corrected chi connectivity index (χ2v) is 11.2. The third-order valence-electron chi connectivity index (χ3n) is 8.83. The van der Waals surface area contributed by atoms with Crippen LogP contribution in [0.15, 0.2) is 128 Å². The number of hydrogen-bond donors (Lipinski definition) is 0. The monoisotopic (exact) mass is 511 g/mol. The number of aromatic nitrogens is 3. The molecule has 0 N–H and O–H groups in total. The van der Waals surface area contributed by atoms with Crippen molar-refractivity contribution in [2.24, 2.45) is 0 Å². The third kappa shape index (κ3) is 3.21. The molecular weight excluding hydrogens is 486 g/mol. The van der Waals surface area contributed by atoms with Crippen molar-refractivity contribution in [2.45, 2.75) is 23.8 Å². The first-order valence-electron chi connectivity index (χ1n) is 14.0. The van der Waals surface area contributed by atoms with Gasteiger partial charge in [-0.3, -0.25) is 14.5 Å². The maximum atomic E-state index is 5.42. The van der Waals surface area contributed by atoms with E-state index in [0.29, 0.717) is 0 Å². The molecular formula is C37H25N3. The highest BCUT2D eigenvalue weighted by atomic mass is 15.0. The van der Waals surface area contributed by atoms with Crippen molar-refractivity contribution in [3.8, 4) is 0 Å². The van der Waals surface area contributed by atoms with E-state index in [9.17, 15) is 0 Å². The lowest BCUT2D eigenvalue weighted by Gasteiger charge is -2.30. The molecule has 10 rings (SSSR count). The average Bonchev–Trinajstić information content (AvgIpc) is 2.98. The van der Waals surface area contributed by atoms with Crippen LogP contribution in [-0.2, 0) is 0 Å². The normalized spacial score (nSPS) is 21.0. The van der Waals surface area contributed by atoms with Crippen molar-refractivity contribution in [3.05, 3.63) is 195 Å². The standard InChI is InChI=1S/C37H25N3/c1-7-23-19-24(8-1)35-29-13-6-18-40(22-29)37-27-11-2-9-25(20-27)34(23)30-14-4-16-32(38-30)36(26-10-3-12-28(37)21-26)33-17-5-15-31(35)39-33/h1-21,34-37H. The predicted molar refractivity (Wildman–Crippen MR) is 153 cm³/mol. The number of pyridine rings is 3. The van der Waals surface area contributed by atoms with Crippen molar-refractivity contribution in [3.63, 3.8) is 0 Å². The first kappa shape index (κ1) is 22.0. The van der Waals surface area contributed by atoms with E-state index in [4.69, 9.17) is 9.97 Å². The summed E-state index contributed by atoms with van der Waals surface area (Å²) in [6, 6.07) is 44.5. The Hall–Kier alpha value is -4.89. The van der Waals surface area contributed by atoms with Gasteiger partial charge in [-0.05, 0) is 58.7 Å². The SMILES string of the molecule is [c-]1c2ccc[n+]1C1c3cccc(c3)C3c4cccc(c4)C2c2cccc(n2)C(c2cccc1c2)c1cccc3n1. The van der Waals surface area contributed by atoms with Crippen LogP contribution in [-0.4, -0.2) is 9.97 Å². The molecule has 6 aromatic rings. The van der Waals surface area contributed by atoms with E-state index in [1.54, 1.807) is 0 Å². The molecule has 4 atom stereocenters. The molecule has 4 aliphatic heterocycles. The van der Waals surface area contributed by atoms with Crippen molar-refractivity contribution in [1.29, 1.82) is 0 Å². The molecule has 0 spiro atoms. The highest BCUT2D eigenvalue weighted by Crippen LogP contribution is 2.41. The van der Waals surface area contributed by atoms with Gasteiger partial charge in [0.2, 0.25) is 0 Å². The Morgan fingerprint density at radius 3 is 1.52 bits per heavy atom. The van der Waals surface area contributed by atoms with Crippen LogP contribution < -0.4 is 4.57 Å². The summed E-state index contributed by atoms with van der Waals surface area (Å²) in [6.45, 7) is 0. The molecule has 0 saturated heterocycles. The van der Waals surface area contributed by atoms with Gasteiger partial charge in [-0.15, -0.1) is 6.07 Å². The van der Waals surface area contributed by atoms with E-state index in [2.05, 4.69) is 138 Å². The fourth-order valence-corrected chi connectivity index (χ4v) is 7.14. The molecule has 40 heavy (non-hydrogen) atoms. The van der Waals surface area contributed by atoms with Gasteiger partial charge in [-0.1, -0.05) is 78.4 Å². The summed E-state index contributed by atoms with van der Waals surface area (Å²) in [7, 11) is 0. The van der Waals surface area contributed by atoms with Gasteiger partial charge in [-0.25, -0.2) is 0 Å². The topological polar surface area (TPSA) is 29.7 Å². The maximum Gasteiger partial charge on any atom is 0.187 e. The molecule has 3 heteroatoms. The van der Waals surface area contributed by atoms with Gasteiger partial charge in [0.15, 0.2) is 6.04 Å². The van der Waals surface area contributed by atoms with Crippen molar-refractivity contribution < 1.29 is 4.57 Å². The predicted octanol–water partition coefficient (Wildman–Crippen LogP) is 6.68. The van der Waals surface area contributed by atoms with E-state index in [1.165, 1.54) is 33.4 Å². The summed E-state index contributed by atoms with van der Waals surface area (Å²) < 4.78 is 2.27. The Morgan fingerprint density at radius 1 is 0.450 bits per heavy atom. The Kier molecular flexibility index (Phi) is 4.56. The molecule has 7 heterocycles. The van der Waals surface area contributed by atoms with Crippen LogP contribution in [0.4, 0.5) is 0 Å².